The highest BCUT2D eigenvalue weighted by molar-refractivity contribution is 7.14. The molecule has 0 fully saturated rings. The monoisotopic (exact) mass is 450 g/mol. The highest BCUT2D eigenvalue weighted by Crippen LogP contribution is 2.34. The summed E-state index contributed by atoms with van der Waals surface area (Å²) in [6.45, 7) is 1.86. The molecule has 0 radical (unpaired) electrons. The number of thiophene rings is 1. The topological polar surface area (TPSA) is 54.4 Å². The predicted octanol–water partition coefficient (Wildman–Crippen LogP) is 6.42. The second-order valence-electron chi connectivity index (χ2n) is 6.69. The smallest absolute Gasteiger partial charge is 0.337 e. The van der Waals surface area contributed by atoms with Gasteiger partial charge < -0.3 is 5.11 Å². The van der Waals surface area contributed by atoms with E-state index in [-0.39, 0.29) is 18.4 Å². The Morgan fingerprint density at radius 1 is 1.10 bits per heavy atom. The third-order valence-corrected chi connectivity index (χ3v) is 6.20. The minimum Gasteiger partial charge on any atom is -0.478 e. The standard InChI is InChI=1S/C22H17Cl2FO3S/c1-12-2-7-17(24)14(8-12)9-18(25)19(26)10-15-11-29-21(20(15)22(27)28)13-3-5-16(23)6-4-13/h2-8,11,18H,9-10H2,1H3,(H,27,28). The average molecular weight is 451 g/mol. The number of halogens is 3. The Morgan fingerprint density at radius 3 is 2.45 bits per heavy atom. The molecule has 0 aliphatic carbocycles. The minimum atomic E-state index is -1.77. The van der Waals surface area contributed by atoms with E-state index in [1.165, 1.54) is 11.3 Å². The lowest BCUT2D eigenvalue weighted by Gasteiger charge is -2.10. The first kappa shape index (κ1) is 21.5. The van der Waals surface area contributed by atoms with Gasteiger partial charge >= 0.3 is 5.97 Å². The maximum atomic E-state index is 14.6. The number of carboxylic acids is 1. The van der Waals surface area contributed by atoms with Crippen molar-refractivity contribution in [3.8, 4) is 10.4 Å². The Balaban J connectivity index is 1.82. The Kier molecular flexibility index (Phi) is 6.73. The van der Waals surface area contributed by atoms with Gasteiger partial charge in [-0.25, -0.2) is 9.18 Å². The highest BCUT2D eigenvalue weighted by Gasteiger charge is 2.25. The van der Waals surface area contributed by atoms with Crippen LogP contribution in [0.4, 0.5) is 4.39 Å². The summed E-state index contributed by atoms with van der Waals surface area (Å²) in [5.74, 6) is -1.83. The van der Waals surface area contributed by atoms with Gasteiger partial charge in [-0.15, -0.1) is 11.3 Å². The van der Waals surface area contributed by atoms with Crippen LogP contribution in [-0.2, 0) is 17.6 Å². The second-order valence-corrected chi connectivity index (χ2v) is 8.41. The van der Waals surface area contributed by atoms with Gasteiger partial charge in [0.1, 0.15) is 0 Å². The first-order chi connectivity index (χ1) is 13.8. The van der Waals surface area contributed by atoms with Crippen molar-refractivity contribution >= 4 is 46.3 Å². The molecule has 3 aromatic rings. The van der Waals surface area contributed by atoms with Crippen molar-refractivity contribution in [3.63, 3.8) is 0 Å². The first-order valence-electron chi connectivity index (χ1n) is 8.77. The lowest BCUT2D eigenvalue weighted by atomic mass is 9.98. The zero-order valence-electron chi connectivity index (χ0n) is 15.4. The molecule has 0 aliphatic heterocycles. The fraction of sp³-hybridized carbons (Fsp3) is 0.182. The highest BCUT2D eigenvalue weighted by atomic mass is 35.5. The van der Waals surface area contributed by atoms with E-state index in [9.17, 15) is 19.1 Å². The summed E-state index contributed by atoms with van der Waals surface area (Å²) in [6.07, 6.45) is -2.21. The number of rotatable bonds is 7. The summed E-state index contributed by atoms with van der Waals surface area (Å²) in [7, 11) is 0. The number of aromatic carboxylic acids is 1. The fourth-order valence-electron chi connectivity index (χ4n) is 3.04. The van der Waals surface area contributed by atoms with Crippen LogP contribution in [0.5, 0.6) is 0 Å². The van der Waals surface area contributed by atoms with Gasteiger partial charge in [0.05, 0.1) is 5.56 Å². The van der Waals surface area contributed by atoms with Crippen LogP contribution in [0, 0.1) is 6.92 Å². The number of benzene rings is 2. The molecule has 1 atom stereocenters. The van der Waals surface area contributed by atoms with Crippen molar-refractivity contribution in [2.75, 3.05) is 0 Å². The van der Waals surface area contributed by atoms with Crippen LogP contribution in [0.3, 0.4) is 0 Å². The van der Waals surface area contributed by atoms with Crippen LogP contribution in [-0.4, -0.2) is 23.0 Å². The maximum absolute atomic E-state index is 14.6. The number of ketones is 1. The Bertz CT molecular complexity index is 1060. The second kappa shape index (κ2) is 9.08. The number of carboxylic acid groups (broad SMARTS) is 1. The Labute approximate surface area is 181 Å². The minimum absolute atomic E-state index is 0.0199. The molecular weight excluding hydrogens is 434 g/mol. The summed E-state index contributed by atoms with van der Waals surface area (Å²) in [4.78, 5) is 24.8. The molecule has 150 valence electrons. The third-order valence-electron chi connectivity index (χ3n) is 4.50. The SMILES string of the molecule is Cc1ccc(Cl)c(CC(F)C(=O)Cc2csc(-c3ccc(Cl)cc3)c2C(=O)O)c1. The molecule has 0 saturated carbocycles. The van der Waals surface area contributed by atoms with E-state index in [0.29, 0.717) is 31.6 Å². The molecule has 1 unspecified atom stereocenters. The van der Waals surface area contributed by atoms with Gasteiger partial charge in [-0.05, 0) is 47.2 Å². The van der Waals surface area contributed by atoms with Crippen LogP contribution in [0.15, 0.2) is 47.8 Å². The zero-order chi connectivity index (χ0) is 21.1. The quantitative estimate of drug-likeness (QED) is 0.451. The molecule has 1 heterocycles. The number of alkyl halides is 1. The van der Waals surface area contributed by atoms with Crippen LogP contribution >= 0.6 is 34.5 Å². The van der Waals surface area contributed by atoms with Crippen LogP contribution in [0.2, 0.25) is 10.0 Å². The van der Waals surface area contributed by atoms with Gasteiger partial charge in [0.15, 0.2) is 12.0 Å². The largest absolute Gasteiger partial charge is 0.478 e. The zero-order valence-corrected chi connectivity index (χ0v) is 17.7. The first-order valence-corrected chi connectivity index (χ1v) is 10.4. The third kappa shape index (κ3) is 5.04. The van der Waals surface area contributed by atoms with Crippen molar-refractivity contribution < 1.29 is 19.1 Å². The summed E-state index contributed by atoms with van der Waals surface area (Å²) in [5, 5.41) is 12.2. The molecule has 0 spiro atoms. The number of carbonyl (C=O) groups is 2. The fourth-order valence-corrected chi connectivity index (χ4v) is 4.43. The predicted molar refractivity (Wildman–Crippen MR) is 115 cm³/mol. The van der Waals surface area contributed by atoms with Gasteiger partial charge in [0, 0.05) is 27.8 Å². The lowest BCUT2D eigenvalue weighted by Crippen LogP contribution is -2.21. The molecule has 2 aromatic carbocycles. The van der Waals surface area contributed by atoms with E-state index >= 15 is 0 Å². The number of carbonyl (C=O) groups excluding carboxylic acids is 1. The van der Waals surface area contributed by atoms with Crippen molar-refractivity contribution in [3.05, 3.63) is 80.1 Å². The van der Waals surface area contributed by atoms with Gasteiger partial charge in [-0.2, -0.15) is 0 Å². The molecule has 0 bridgehead atoms. The van der Waals surface area contributed by atoms with E-state index in [0.717, 1.165) is 5.56 Å². The molecule has 7 heteroatoms. The molecule has 1 N–H and O–H groups in total. The normalized spacial score (nSPS) is 12.0. The number of hydrogen-bond acceptors (Lipinski definition) is 3. The van der Waals surface area contributed by atoms with E-state index < -0.39 is 17.9 Å². The van der Waals surface area contributed by atoms with E-state index in [1.807, 2.05) is 13.0 Å². The molecule has 3 nitrogen and oxygen atoms in total. The van der Waals surface area contributed by atoms with Crippen molar-refractivity contribution in [1.82, 2.24) is 0 Å². The van der Waals surface area contributed by atoms with E-state index in [1.54, 1.807) is 41.8 Å². The number of hydrogen-bond donors (Lipinski definition) is 1. The summed E-state index contributed by atoms with van der Waals surface area (Å²) < 4.78 is 14.6. The molecule has 3 rings (SSSR count). The average Bonchev–Trinajstić information content (AvgIpc) is 3.09. The lowest BCUT2D eigenvalue weighted by molar-refractivity contribution is -0.123. The van der Waals surface area contributed by atoms with Crippen LogP contribution in [0.25, 0.3) is 10.4 Å². The molecule has 0 aliphatic rings. The van der Waals surface area contributed by atoms with Gasteiger partial charge in [-0.1, -0.05) is 53.0 Å². The molecular formula is C22H17Cl2FO3S. The molecule has 29 heavy (non-hydrogen) atoms. The van der Waals surface area contributed by atoms with Gasteiger partial charge in [0.2, 0.25) is 0 Å². The molecule has 0 amide bonds. The Hall–Kier alpha value is -2.21. The van der Waals surface area contributed by atoms with Crippen LogP contribution in [0.1, 0.15) is 27.0 Å². The summed E-state index contributed by atoms with van der Waals surface area (Å²) in [5.41, 5.74) is 2.47. The summed E-state index contributed by atoms with van der Waals surface area (Å²) >= 11 is 13.2. The molecule has 1 aromatic heterocycles. The van der Waals surface area contributed by atoms with E-state index in [4.69, 9.17) is 23.2 Å². The van der Waals surface area contributed by atoms with Crippen molar-refractivity contribution in [1.29, 1.82) is 0 Å². The number of Topliss-reactive ketones (excluding diaryl/α,β-unsaturated/α-hetero) is 1. The molecule has 0 saturated heterocycles. The van der Waals surface area contributed by atoms with Gasteiger partial charge in [0.25, 0.3) is 0 Å². The van der Waals surface area contributed by atoms with Crippen molar-refractivity contribution in [2.24, 2.45) is 0 Å². The summed E-state index contributed by atoms with van der Waals surface area (Å²) in [6, 6.07) is 12.0. The van der Waals surface area contributed by atoms with Crippen LogP contribution < -0.4 is 0 Å². The van der Waals surface area contributed by atoms with Crippen molar-refractivity contribution in [2.45, 2.75) is 25.9 Å². The number of aryl methyl sites for hydroxylation is 1. The Morgan fingerprint density at radius 2 is 1.79 bits per heavy atom. The van der Waals surface area contributed by atoms with Gasteiger partial charge in [-0.3, -0.25) is 4.79 Å². The maximum Gasteiger partial charge on any atom is 0.337 e. The van der Waals surface area contributed by atoms with E-state index in [2.05, 4.69) is 0 Å².